The second-order valence-corrected chi connectivity index (χ2v) is 4.95. The lowest BCUT2D eigenvalue weighted by atomic mass is 10.0. The Hall–Kier alpha value is -1.64. The maximum Gasteiger partial charge on any atom is 0.145 e. The number of rotatable bonds is 4. The normalized spacial score (nSPS) is 17.0. The van der Waals surface area contributed by atoms with Crippen molar-refractivity contribution in [2.75, 3.05) is 11.9 Å². The zero-order valence-electron chi connectivity index (χ0n) is 10.1. The van der Waals surface area contributed by atoms with Crippen LogP contribution in [-0.2, 0) is 0 Å². The van der Waals surface area contributed by atoms with Crippen LogP contribution < -0.4 is 5.32 Å². The highest BCUT2D eigenvalue weighted by molar-refractivity contribution is 5.75. The molecule has 88 valence electrons. The van der Waals surface area contributed by atoms with E-state index in [-0.39, 0.29) is 0 Å². The smallest absolute Gasteiger partial charge is 0.145 e. The van der Waals surface area contributed by atoms with Crippen LogP contribution in [0.25, 0.3) is 11.0 Å². The Balaban J connectivity index is 1.77. The topological polar surface area (TPSA) is 37.8 Å². The second-order valence-electron chi connectivity index (χ2n) is 4.95. The standard InChI is InChI=1S/C14H17N3/c1-2-14(7-8-14)10-16-13-9-15-11-5-3-4-6-12(11)17-13/h3-6,9H,2,7-8,10H2,1H3,(H,16,17). The van der Waals surface area contributed by atoms with Crippen LogP contribution in [0.5, 0.6) is 0 Å². The average Bonchev–Trinajstić information content (AvgIpc) is 3.17. The lowest BCUT2D eigenvalue weighted by Gasteiger charge is -2.13. The van der Waals surface area contributed by atoms with E-state index >= 15 is 0 Å². The molecule has 2 aromatic rings. The van der Waals surface area contributed by atoms with E-state index in [1.54, 1.807) is 0 Å². The first kappa shape index (κ1) is 10.5. The van der Waals surface area contributed by atoms with Crippen LogP contribution in [0.4, 0.5) is 5.82 Å². The minimum atomic E-state index is 0.535. The number of hydrogen-bond acceptors (Lipinski definition) is 3. The molecule has 1 saturated carbocycles. The molecule has 3 rings (SSSR count). The van der Waals surface area contributed by atoms with E-state index in [4.69, 9.17) is 0 Å². The van der Waals surface area contributed by atoms with Crippen molar-refractivity contribution >= 4 is 16.9 Å². The van der Waals surface area contributed by atoms with E-state index in [0.29, 0.717) is 5.41 Å². The van der Waals surface area contributed by atoms with Crippen molar-refractivity contribution in [3.05, 3.63) is 30.5 Å². The van der Waals surface area contributed by atoms with Gasteiger partial charge >= 0.3 is 0 Å². The van der Waals surface area contributed by atoms with Gasteiger partial charge in [-0.1, -0.05) is 19.1 Å². The van der Waals surface area contributed by atoms with Crippen LogP contribution in [0.15, 0.2) is 30.5 Å². The molecule has 17 heavy (non-hydrogen) atoms. The van der Waals surface area contributed by atoms with Crippen LogP contribution in [0.3, 0.4) is 0 Å². The minimum absolute atomic E-state index is 0.535. The summed E-state index contributed by atoms with van der Waals surface area (Å²) in [6, 6.07) is 7.97. The van der Waals surface area contributed by atoms with Crippen molar-refractivity contribution in [2.45, 2.75) is 26.2 Å². The fraction of sp³-hybridized carbons (Fsp3) is 0.429. The Morgan fingerprint density at radius 1 is 1.24 bits per heavy atom. The molecule has 1 heterocycles. The van der Waals surface area contributed by atoms with E-state index in [1.165, 1.54) is 19.3 Å². The van der Waals surface area contributed by atoms with Gasteiger partial charge in [0.1, 0.15) is 5.82 Å². The third-order valence-corrected chi connectivity index (χ3v) is 3.80. The molecule has 1 aliphatic rings. The molecular weight excluding hydrogens is 210 g/mol. The molecular formula is C14H17N3. The van der Waals surface area contributed by atoms with E-state index in [9.17, 15) is 0 Å². The summed E-state index contributed by atoms with van der Waals surface area (Å²) in [5, 5.41) is 3.42. The van der Waals surface area contributed by atoms with Gasteiger partial charge in [-0.15, -0.1) is 0 Å². The Bertz CT molecular complexity index is 532. The number of aromatic nitrogens is 2. The third kappa shape index (κ3) is 2.09. The van der Waals surface area contributed by atoms with Crippen molar-refractivity contribution in [3.63, 3.8) is 0 Å². The molecule has 0 amide bonds. The molecule has 0 unspecified atom stereocenters. The van der Waals surface area contributed by atoms with Gasteiger partial charge < -0.3 is 5.32 Å². The Labute approximate surface area is 101 Å². The van der Waals surface area contributed by atoms with Crippen molar-refractivity contribution in [2.24, 2.45) is 5.41 Å². The van der Waals surface area contributed by atoms with Gasteiger partial charge in [0, 0.05) is 6.54 Å². The molecule has 1 aromatic heterocycles. The van der Waals surface area contributed by atoms with E-state index in [2.05, 4.69) is 22.2 Å². The van der Waals surface area contributed by atoms with Gasteiger partial charge in [0.15, 0.2) is 0 Å². The summed E-state index contributed by atoms with van der Waals surface area (Å²) in [4.78, 5) is 8.97. The van der Waals surface area contributed by atoms with Gasteiger partial charge in [-0.05, 0) is 36.8 Å². The first-order valence-electron chi connectivity index (χ1n) is 6.27. The Morgan fingerprint density at radius 2 is 2.00 bits per heavy atom. The first-order valence-corrected chi connectivity index (χ1v) is 6.27. The predicted molar refractivity (Wildman–Crippen MR) is 70.0 cm³/mol. The van der Waals surface area contributed by atoms with Crippen LogP contribution in [0.2, 0.25) is 0 Å². The zero-order valence-corrected chi connectivity index (χ0v) is 10.1. The van der Waals surface area contributed by atoms with Gasteiger partial charge in [0.25, 0.3) is 0 Å². The van der Waals surface area contributed by atoms with Gasteiger partial charge in [-0.2, -0.15) is 0 Å². The van der Waals surface area contributed by atoms with E-state index < -0.39 is 0 Å². The quantitative estimate of drug-likeness (QED) is 0.871. The number of fused-ring (bicyclic) bond motifs is 1. The van der Waals surface area contributed by atoms with Gasteiger partial charge in [0.05, 0.1) is 17.2 Å². The summed E-state index contributed by atoms with van der Waals surface area (Å²) >= 11 is 0. The van der Waals surface area contributed by atoms with Gasteiger partial charge in [-0.25, -0.2) is 4.98 Å². The van der Waals surface area contributed by atoms with Crippen molar-refractivity contribution in [1.29, 1.82) is 0 Å². The molecule has 1 fully saturated rings. The molecule has 1 N–H and O–H groups in total. The highest BCUT2D eigenvalue weighted by Gasteiger charge is 2.40. The maximum atomic E-state index is 4.57. The first-order chi connectivity index (χ1) is 8.31. The largest absolute Gasteiger partial charge is 0.368 e. The minimum Gasteiger partial charge on any atom is -0.368 e. The lowest BCUT2D eigenvalue weighted by molar-refractivity contribution is 0.521. The number of anilines is 1. The highest BCUT2D eigenvalue weighted by Crippen LogP contribution is 2.48. The van der Waals surface area contributed by atoms with Crippen molar-refractivity contribution in [1.82, 2.24) is 9.97 Å². The fourth-order valence-electron chi connectivity index (χ4n) is 2.15. The summed E-state index contributed by atoms with van der Waals surface area (Å²) in [7, 11) is 0. The number of benzene rings is 1. The predicted octanol–water partition coefficient (Wildman–Crippen LogP) is 3.23. The van der Waals surface area contributed by atoms with Crippen molar-refractivity contribution in [3.8, 4) is 0 Å². The molecule has 1 aliphatic carbocycles. The Morgan fingerprint density at radius 3 is 2.71 bits per heavy atom. The van der Waals surface area contributed by atoms with Crippen molar-refractivity contribution < 1.29 is 0 Å². The summed E-state index contributed by atoms with van der Waals surface area (Å²) in [5.74, 6) is 0.892. The molecule has 0 radical (unpaired) electrons. The maximum absolute atomic E-state index is 4.57. The monoisotopic (exact) mass is 227 g/mol. The molecule has 0 aliphatic heterocycles. The summed E-state index contributed by atoms with van der Waals surface area (Å²) in [6.07, 6.45) is 5.77. The van der Waals surface area contributed by atoms with Crippen LogP contribution in [-0.4, -0.2) is 16.5 Å². The van der Waals surface area contributed by atoms with E-state index in [0.717, 1.165) is 23.4 Å². The van der Waals surface area contributed by atoms with Gasteiger partial charge in [0.2, 0.25) is 0 Å². The molecule has 1 aromatic carbocycles. The molecule has 0 atom stereocenters. The van der Waals surface area contributed by atoms with Crippen LogP contribution in [0, 0.1) is 5.41 Å². The van der Waals surface area contributed by atoms with Gasteiger partial charge in [-0.3, -0.25) is 4.98 Å². The number of nitrogens with one attached hydrogen (secondary N) is 1. The Kier molecular flexibility index (Phi) is 2.46. The number of nitrogens with zero attached hydrogens (tertiary/aromatic N) is 2. The third-order valence-electron chi connectivity index (χ3n) is 3.80. The second kappa shape index (κ2) is 3.99. The number of hydrogen-bond donors (Lipinski definition) is 1. The lowest BCUT2D eigenvalue weighted by Crippen LogP contribution is -2.15. The molecule has 3 heteroatoms. The summed E-state index contributed by atoms with van der Waals surface area (Å²) in [6.45, 7) is 3.29. The zero-order chi connectivity index (χ0) is 11.7. The molecule has 0 spiro atoms. The SMILES string of the molecule is CCC1(CNc2cnc3ccccc3n2)CC1. The van der Waals surface area contributed by atoms with Crippen LogP contribution >= 0.6 is 0 Å². The molecule has 0 saturated heterocycles. The summed E-state index contributed by atoms with van der Waals surface area (Å²) < 4.78 is 0. The average molecular weight is 227 g/mol. The molecule has 0 bridgehead atoms. The van der Waals surface area contributed by atoms with E-state index in [1.807, 2.05) is 30.5 Å². The fourth-order valence-corrected chi connectivity index (χ4v) is 2.15. The van der Waals surface area contributed by atoms with Crippen LogP contribution in [0.1, 0.15) is 26.2 Å². The number of para-hydroxylation sites is 2. The molecule has 3 nitrogen and oxygen atoms in total. The highest BCUT2D eigenvalue weighted by atomic mass is 15.0. The summed E-state index contributed by atoms with van der Waals surface area (Å²) in [5.41, 5.74) is 2.45.